The summed E-state index contributed by atoms with van der Waals surface area (Å²) in [5, 5.41) is 17.0. The van der Waals surface area contributed by atoms with Crippen molar-refractivity contribution in [2.24, 2.45) is 11.8 Å². The van der Waals surface area contributed by atoms with Gasteiger partial charge in [0.1, 0.15) is 0 Å². The molecule has 0 amide bonds. The molecular weight excluding hydrogens is 208 g/mol. The van der Waals surface area contributed by atoms with Gasteiger partial charge in [-0.25, -0.2) is 9.59 Å². The summed E-state index contributed by atoms with van der Waals surface area (Å²) in [4.78, 5) is 20.6. The van der Waals surface area contributed by atoms with Gasteiger partial charge in [0.15, 0.2) is 0 Å². The second-order valence-corrected chi connectivity index (χ2v) is 4.07. The predicted octanol–water partition coefficient (Wildman–Crippen LogP) is 2.07. The fourth-order valence-electron chi connectivity index (χ4n) is 1.97. The second-order valence-electron chi connectivity index (χ2n) is 4.07. The smallest absolute Gasteiger partial charge is 0.327 e. The molecule has 1 aliphatic rings. The van der Waals surface area contributed by atoms with Gasteiger partial charge in [-0.05, 0) is 37.5 Å². The number of aliphatic carboxylic acids is 2. The van der Waals surface area contributed by atoms with E-state index in [1.165, 1.54) is 12.2 Å². The Hall–Kier alpha value is -1.58. The zero-order chi connectivity index (χ0) is 12.0. The lowest BCUT2D eigenvalue weighted by molar-refractivity contribution is -0.132. The van der Waals surface area contributed by atoms with Crippen molar-refractivity contribution in [1.29, 1.82) is 0 Å². The molecule has 88 valence electrons. The minimum Gasteiger partial charge on any atom is -0.478 e. The highest BCUT2D eigenvalue weighted by Gasteiger charge is 2.17. The van der Waals surface area contributed by atoms with E-state index in [9.17, 15) is 9.59 Å². The first-order valence-electron chi connectivity index (χ1n) is 5.40. The standard InChI is InChI=1S/C12H16O4/c13-11(14)7-5-9-1-2-10(4-3-9)6-8-12(15)16/h5-10H,1-4H2,(H,13,14)(H,15,16)/t9-,10-. The van der Waals surface area contributed by atoms with Crippen LogP contribution in [0.3, 0.4) is 0 Å². The van der Waals surface area contributed by atoms with Crippen molar-refractivity contribution in [3.05, 3.63) is 24.3 Å². The zero-order valence-electron chi connectivity index (χ0n) is 9.00. The Balaban J connectivity index is 2.34. The molecule has 0 heterocycles. The molecule has 0 radical (unpaired) electrons. The van der Waals surface area contributed by atoms with Crippen LogP contribution >= 0.6 is 0 Å². The van der Waals surface area contributed by atoms with Gasteiger partial charge < -0.3 is 10.2 Å². The SMILES string of the molecule is O=C(O)C=C[C@H]1CC[C@H](C=CC(=O)O)CC1. The highest BCUT2D eigenvalue weighted by Crippen LogP contribution is 2.30. The van der Waals surface area contributed by atoms with Crippen molar-refractivity contribution >= 4 is 11.9 Å². The van der Waals surface area contributed by atoms with E-state index in [0.717, 1.165) is 25.7 Å². The summed E-state index contributed by atoms with van der Waals surface area (Å²) >= 11 is 0. The number of hydrogen-bond donors (Lipinski definition) is 2. The van der Waals surface area contributed by atoms with Crippen LogP contribution in [0.4, 0.5) is 0 Å². The third-order valence-corrected chi connectivity index (χ3v) is 2.84. The first-order valence-corrected chi connectivity index (χ1v) is 5.40. The van der Waals surface area contributed by atoms with Crippen molar-refractivity contribution in [3.63, 3.8) is 0 Å². The van der Waals surface area contributed by atoms with Gasteiger partial charge in [-0.2, -0.15) is 0 Å². The van der Waals surface area contributed by atoms with E-state index in [0.29, 0.717) is 11.8 Å². The third-order valence-electron chi connectivity index (χ3n) is 2.84. The van der Waals surface area contributed by atoms with Crippen LogP contribution in [-0.2, 0) is 9.59 Å². The molecule has 16 heavy (non-hydrogen) atoms. The van der Waals surface area contributed by atoms with Gasteiger partial charge in [0.05, 0.1) is 0 Å². The number of carbonyl (C=O) groups is 2. The molecule has 2 N–H and O–H groups in total. The van der Waals surface area contributed by atoms with Crippen molar-refractivity contribution in [1.82, 2.24) is 0 Å². The highest BCUT2D eigenvalue weighted by atomic mass is 16.4. The van der Waals surface area contributed by atoms with Gasteiger partial charge >= 0.3 is 11.9 Å². The third kappa shape index (κ3) is 4.77. The van der Waals surface area contributed by atoms with E-state index >= 15 is 0 Å². The van der Waals surface area contributed by atoms with Crippen LogP contribution in [0.1, 0.15) is 25.7 Å². The van der Waals surface area contributed by atoms with Crippen molar-refractivity contribution in [2.75, 3.05) is 0 Å². The molecule has 4 heteroatoms. The summed E-state index contributed by atoms with van der Waals surface area (Å²) in [5.74, 6) is -1.17. The van der Waals surface area contributed by atoms with Crippen LogP contribution in [0, 0.1) is 11.8 Å². The summed E-state index contributed by atoms with van der Waals surface area (Å²) in [6, 6.07) is 0. The van der Waals surface area contributed by atoms with Gasteiger partial charge in [-0.3, -0.25) is 0 Å². The minimum absolute atomic E-state index is 0.325. The molecule has 0 aromatic rings. The summed E-state index contributed by atoms with van der Waals surface area (Å²) in [6.45, 7) is 0. The van der Waals surface area contributed by atoms with Crippen LogP contribution in [-0.4, -0.2) is 22.2 Å². The van der Waals surface area contributed by atoms with Gasteiger partial charge in [-0.1, -0.05) is 12.2 Å². The van der Waals surface area contributed by atoms with Gasteiger partial charge in [-0.15, -0.1) is 0 Å². The Labute approximate surface area is 94.3 Å². The Morgan fingerprint density at radius 3 is 1.38 bits per heavy atom. The van der Waals surface area contributed by atoms with E-state index < -0.39 is 11.9 Å². The molecule has 1 aliphatic carbocycles. The second kappa shape index (κ2) is 6.10. The summed E-state index contributed by atoms with van der Waals surface area (Å²) < 4.78 is 0. The molecule has 0 aromatic heterocycles. The quantitative estimate of drug-likeness (QED) is 0.717. The molecule has 1 saturated carbocycles. The maximum Gasteiger partial charge on any atom is 0.327 e. The van der Waals surface area contributed by atoms with Crippen LogP contribution in [0.5, 0.6) is 0 Å². The number of allylic oxidation sites excluding steroid dienone is 2. The molecule has 0 bridgehead atoms. The molecule has 0 atom stereocenters. The minimum atomic E-state index is -0.909. The molecule has 1 rings (SSSR count). The maximum atomic E-state index is 10.3. The zero-order valence-corrected chi connectivity index (χ0v) is 9.00. The van der Waals surface area contributed by atoms with Crippen molar-refractivity contribution in [3.8, 4) is 0 Å². The first kappa shape index (κ1) is 12.5. The normalized spacial score (nSPS) is 26.2. The maximum absolute atomic E-state index is 10.3. The largest absolute Gasteiger partial charge is 0.478 e. The molecule has 0 spiro atoms. The van der Waals surface area contributed by atoms with E-state index in [1.807, 2.05) is 0 Å². The van der Waals surface area contributed by atoms with Gasteiger partial charge in [0, 0.05) is 12.2 Å². The summed E-state index contributed by atoms with van der Waals surface area (Å²) in [6.07, 6.45) is 9.57. The monoisotopic (exact) mass is 224 g/mol. The van der Waals surface area contributed by atoms with Gasteiger partial charge in [0.25, 0.3) is 0 Å². The van der Waals surface area contributed by atoms with E-state index in [-0.39, 0.29) is 0 Å². The first-order chi connectivity index (χ1) is 7.58. The van der Waals surface area contributed by atoms with Gasteiger partial charge in [0.2, 0.25) is 0 Å². The molecule has 1 fully saturated rings. The summed E-state index contributed by atoms with van der Waals surface area (Å²) in [7, 11) is 0. The molecule has 0 aliphatic heterocycles. The lowest BCUT2D eigenvalue weighted by atomic mass is 9.82. The molecule has 0 saturated heterocycles. The lowest BCUT2D eigenvalue weighted by Crippen LogP contribution is -2.12. The molecule has 4 nitrogen and oxygen atoms in total. The number of carboxylic acid groups (broad SMARTS) is 2. The fraction of sp³-hybridized carbons (Fsp3) is 0.500. The Kier molecular flexibility index (Phi) is 4.76. The van der Waals surface area contributed by atoms with Crippen LogP contribution in [0.2, 0.25) is 0 Å². The fourth-order valence-corrected chi connectivity index (χ4v) is 1.97. The number of hydrogen-bond acceptors (Lipinski definition) is 2. The highest BCUT2D eigenvalue weighted by molar-refractivity contribution is 5.80. The topological polar surface area (TPSA) is 74.6 Å². The predicted molar refractivity (Wildman–Crippen MR) is 59.0 cm³/mol. The van der Waals surface area contributed by atoms with Crippen LogP contribution < -0.4 is 0 Å². The average Bonchev–Trinajstić information content (AvgIpc) is 2.25. The lowest BCUT2D eigenvalue weighted by Gasteiger charge is -2.24. The van der Waals surface area contributed by atoms with E-state index in [2.05, 4.69) is 0 Å². The van der Waals surface area contributed by atoms with Crippen LogP contribution in [0.15, 0.2) is 24.3 Å². The average molecular weight is 224 g/mol. The molecule has 0 aromatic carbocycles. The number of carboxylic acids is 2. The van der Waals surface area contributed by atoms with E-state index in [4.69, 9.17) is 10.2 Å². The molecular formula is C12H16O4. The van der Waals surface area contributed by atoms with Crippen molar-refractivity contribution < 1.29 is 19.8 Å². The van der Waals surface area contributed by atoms with E-state index in [1.54, 1.807) is 12.2 Å². The summed E-state index contributed by atoms with van der Waals surface area (Å²) in [5.41, 5.74) is 0. The molecule has 0 unspecified atom stereocenters. The Morgan fingerprint density at radius 1 is 0.812 bits per heavy atom. The number of rotatable bonds is 4. The van der Waals surface area contributed by atoms with Crippen molar-refractivity contribution in [2.45, 2.75) is 25.7 Å². The van der Waals surface area contributed by atoms with Crippen LogP contribution in [0.25, 0.3) is 0 Å². The Bertz CT molecular complexity index is 277. The Morgan fingerprint density at radius 2 is 1.12 bits per heavy atom.